The van der Waals surface area contributed by atoms with Gasteiger partial charge in [0.15, 0.2) is 0 Å². The Morgan fingerprint density at radius 3 is 2.87 bits per heavy atom. The van der Waals surface area contributed by atoms with Crippen LogP contribution in [0.1, 0.15) is 37.1 Å². The Morgan fingerprint density at radius 1 is 1.67 bits per heavy atom. The molecule has 1 atom stereocenters. The Kier molecular flexibility index (Phi) is 4.56. The zero-order valence-corrected chi connectivity index (χ0v) is 9.95. The maximum absolute atomic E-state index is 4.37. The van der Waals surface area contributed by atoms with Crippen molar-refractivity contribution < 1.29 is 0 Å². The molecule has 1 unspecified atom stereocenters. The molecule has 0 radical (unpaired) electrons. The number of hydrogen-bond acceptors (Lipinski definition) is 2. The Labute approximate surface area is 92.2 Å². The van der Waals surface area contributed by atoms with Crippen LogP contribution in [0.5, 0.6) is 0 Å². The summed E-state index contributed by atoms with van der Waals surface area (Å²) in [4.78, 5) is 0. The third-order valence-electron chi connectivity index (χ3n) is 2.54. The summed E-state index contributed by atoms with van der Waals surface area (Å²) in [5.41, 5.74) is 2.42. The number of hydrogen-bond donors (Lipinski definition) is 1. The maximum atomic E-state index is 4.37. The summed E-state index contributed by atoms with van der Waals surface area (Å²) >= 11 is 0. The molecule has 0 aromatic carbocycles. The summed E-state index contributed by atoms with van der Waals surface area (Å²) < 4.78 is 1.88. The van der Waals surface area contributed by atoms with Crippen LogP contribution < -0.4 is 5.32 Å². The van der Waals surface area contributed by atoms with Crippen LogP contribution >= 0.6 is 0 Å². The van der Waals surface area contributed by atoms with E-state index in [1.165, 1.54) is 5.56 Å². The van der Waals surface area contributed by atoms with E-state index in [1.807, 2.05) is 17.8 Å². The first-order valence-corrected chi connectivity index (χ1v) is 5.53. The third kappa shape index (κ3) is 3.20. The SMILES string of the molecule is C=CCCC(NCC)c1cn(C)nc1C. The minimum Gasteiger partial charge on any atom is -0.310 e. The molecule has 0 spiro atoms. The fraction of sp³-hybridized carbons (Fsp3) is 0.583. The molecule has 3 heteroatoms. The van der Waals surface area contributed by atoms with Gasteiger partial charge in [0.05, 0.1) is 5.69 Å². The predicted molar refractivity (Wildman–Crippen MR) is 63.8 cm³/mol. The minimum atomic E-state index is 0.404. The van der Waals surface area contributed by atoms with Crippen LogP contribution in [0, 0.1) is 6.92 Å². The van der Waals surface area contributed by atoms with E-state index in [2.05, 4.69) is 37.0 Å². The smallest absolute Gasteiger partial charge is 0.0641 e. The molecule has 0 aliphatic carbocycles. The second-order valence-corrected chi connectivity index (χ2v) is 3.82. The normalized spacial score (nSPS) is 12.7. The Hall–Kier alpha value is -1.09. The van der Waals surface area contributed by atoms with Gasteiger partial charge in [-0.15, -0.1) is 6.58 Å². The standard InChI is InChI=1S/C12H21N3/c1-5-7-8-12(13-6-2)11-9-15(4)14-10(11)3/h5,9,12-13H,1,6-8H2,2-4H3. The minimum absolute atomic E-state index is 0.404. The molecule has 15 heavy (non-hydrogen) atoms. The summed E-state index contributed by atoms with van der Waals surface area (Å²) in [5, 5.41) is 7.86. The molecule has 0 saturated heterocycles. The molecule has 0 bridgehead atoms. The van der Waals surface area contributed by atoms with Crippen LogP contribution in [0.25, 0.3) is 0 Å². The molecule has 84 valence electrons. The lowest BCUT2D eigenvalue weighted by Crippen LogP contribution is -2.21. The topological polar surface area (TPSA) is 29.9 Å². The van der Waals surface area contributed by atoms with Crippen LogP contribution in [0.2, 0.25) is 0 Å². The van der Waals surface area contributed by atoms with Gasteiger partial charge >= 0.3 is 0 Å². The quantitative estimate of drug-likeness (QED) is 0.726. The molecule has 1 aromatic heterocycles. The Morgan fingerprint density at radius 2 is 2.40 bits per heavy atom. The first-order chi connectivity index (χ1) is 7.19. The highest BCUT2D eigenvalue weighted by Crippen LogP contribution is 2.21. The number of allylic oxidation sites excluding steroid dienone is 1. The molecule has 0 saturated carbocycles. The molecular weight excluding hydrogens is 186 g/mol. The second kappa shape index (κ2) is 5.71. The zero-order chi connectivity index (χ0) is 11.3. The largest absolute Gasteiger partial charge is 0.310 e. The van der Waals surface area contributed by atoms with Crippen molar-refractivity contribution in [1.29, 1.82) is 0 Å². The van der Waals surface area contributed by atoms with E-state index in [4.69, 9.17) is 0 Å². The summed E-state index contributed by atoms with van der Waals surface area (Å²) in [6.07, 6.45) is 6.19. The number of nitrogens with zero attached hydrogens (tertiary/aromatic N) is 2. The fourth-order valence-electron chi connectivity index (χ4n) is 1.86. The number of aryl methyl sites for hydroxylation is 2. The molecule has 1 heterocycles. The van der Waals surface area contributed by atoms with Crippen molar-refractivity contribution in [1.82, 2.24) is 15.1 Å². The highest BCUT2D eigenvalue weighted by atomic mass is 15.3. The molecule has 3 nitrogen and oxygen atoms in total. The van der Waals surface area contributed by atoms with Crippen LogP contribution in [0.3, 0.4) is 0 Å². The van der Waals surface area contributed by atoms with E-state index >= 15 is 0 Å². The Bertz CT molecular complexity index is 315. The van der Waals surface area contributed by atoms with Crippen molar-refractivity contribution in [3.8, 4) is 0 Å². The van der Waals surface area contributed by atoms with Gasteiger partial charge in [-0.05, 0) is 26.3 Å². The maximum Gasteiger partial charge on any atom is 0.0641 e. The van der Waals surface area contributed by atoms with Gasteiger partial charge in [0.1, 0.15) is 0 Å². The van der Waals surface area contributed by atoms with Crippen molar-refractivity contribution in [3.63, 3.8) is 0 Å². The van der Waals surface area contributed by atoms with Crippen LogP contribution in [-0.2, 0) is 7.05 Å². The van der Waals surface area contributed by atoms with Crippen molar-refractivity contribution in [2.75, 3.05) is 6.54 Å². The van der Waals surface area contributed by atoms with E-state index in [0.717, 1.165) is 25.1 Å². The van der Waals surface area contributed by atoms with Crippen LogP contribution in [0.15, 0.2) is 18.9 Å². The average Bonchev–Trinajstić information content (AvgIpc) is 2.52. The molecule has 0 amide bonds. The summed E-state index contributed by atoms with van der Waals surface area (Å²) in [6, 6.07) is 0.404. The summed E-state index contributed by atoms with van der Waals surface area (Å²) in [6.45, 7) is 8.94. The van der Waals surface area contributed by atoms with Gasteiger partial charge in [0.2, 0.25) is 0 Å². The number of nitrogens with one attached hydrogen (secondary N) is 1. The van der Waals surface area contributed by atoms with Crippen LogP contribution in [-0.4, -0.2) is 16.3 Å². The van der Waals surface area contributed by atoms with E-state index in [9.17, 15) is 0 Å². The van der Waals surface area contributed by atoms with E-state index in [-0.39, 0.29) is 0 Å². The lowest BCUT2D eigenvalue weighted by Gasteiger charge is -2.16. The predicted octanol–water partition coefficient (Wildman–Crippen LogP) is 2.35. The van der Waals surface area contributed by atoms with Gasteiger partial charge in [0, 0.05) is 24.8 Å². The van der Waals surface area contributed by atoms with Gasteiger partial charge in [0.25, 0.3) is 0 Å². The molecule has 1 N–H and O–H groups in total. The molecular formula is C12H21N3. The molecule has 1 rings (SSSR count). The monoisotopic (exact) mass is 207 g/mol. The van der Waals surface area contributed by atoms with Crippen molar-refractivity contribution in [2.24, 2.45) is 7.05 Å². The second-order valence-electron chi connectivity index (χ2n) is 3.82. The van der Waals surface area contributed by atoms with Crippen LogP contribution in [0.4, 0.5) is 0 Å². The van der Waals surface area contributed by atoms with E-state index in [0.29, 0.717) is 6.04 Å². The van der Waals surface area contributed by atoms with Gasteiger partial charge in [-0.25, -0.2) is 0 Å². The highest BCUT2D eigenvalue weighted by Gasteiger charge is 2.14. The van der Waals surface area contributed by atoms with Crippen molar-refractivity contribution in [3.05, 3.63) is 30.1 Å². The van der Waals surface area contributed by atoms with Gasteiger partial charge in [-0.1, -0.05) is 13.0 Å². The number of rotatable bonds is 6. The molecule has 0 aliphatic heterocycles. The number of aromatic nitrogens is 2. The van der Waals surface area contributed by atoms with Gasteiger partial charge < -0.3 is 5.32 Å². The zero-order valence-electron chi connectivity index (χ0n) is 9.95. The average molecular weight is 207 g/mol. The van der Waals surface area contributed by atoms with Crippen molar-refractivity contribution >= 4 is 0 Å². The lowest BCUT2D eigenvalue weighted by molar-refractivity contribution is 0.517. The first kappa shape index (κ1) is 12.0. The lowest BCUT2D eigenvalue weighted by atomic mass is 10.0. The van der Waals surface area contributed by atoms with E-state index in [1.54, 1.807) is 0 Å². The molecule has 0 fully saturated rings. The summed E-state index contributed by atoms with van der Waals surface area (Å²) in [5.74, 6) is 0. The first-order valence-electron chi connectivity index (χ1n) is 5.53. The fourth-order valence-corrected chi connectivity index (χ4v) is 1.86. The van der Waals surface area contributed by atoms with Gasteiger partial charge in [-0.2, -0.15) is 5.10 Å². The Balaban J connectivity index is 2.77. The highest BCUT2D eigenvalue weighted by molar-refractivity contribution is 5.20. The molecule has 0 aliphatic rings. The molecule has 1 aromatic rings. The summed E-state index contributed by atoms with van der Waals surface area (Å²) in [7, 11) is 1.97. The van der Waals surface area contributed by atoms with Crippen molar-refractivity contribution in [2.45, 2.75) is 32.7 Å². The van der Waals surface area contributed by atoms with E-state index < -0.39 is 0 Å². The third-order valence-corrected chi connectivity index (χ3v) is 2.54. The van der Waals surface area contributed by atoms with Gasteiger partial charge in [-0.3, -0.25) is 4.68 Å².